The fourth-order valence-corrected chi connectivity index (χ4v) is 3.97. The molecule has 2 rings (SSSR count). The predicted molar refractivity (Wildman–Crippen MR) is 100 cm³/mol. The van der Waals surface area contributed by atoms with Gasteiger partial charge < -0.3 is 15.2 Å². The minimum Gasteiger partial charge on any atom is -0.481 e. The number of carboxylic acids is 1. The lowest BCUT2D eigenvalue weighted by Crippen LogP contribution is -2.36. The van der Waals surface area contributed by atoms with Gasteiger partial charge in [0, 0.05) is 4.88 Å². The van der Waals surface area contributed by atoms with Gasteiger partial charge in [-0.15, -0.1) is 11.3 Å². The van der Waals surface area contributed by atoms with Crippen LogP contribution in [-0.2, 0) is 14.3 Å². The fourth-order valence-electron chi connectivity index (χ4n) is 3.07. The van der Waals surface area contributed by atoms with Crippen LogP contribution in [0.4, 0.5) is 5.00 Å². The summed E-state index contributed by atoms with van der Waals surface area (Å²) < 4.78 is 5.22. The van der Waals surface area contributed by atoms with Gasteiger partial charge in [-0.2, -0.15) is 0 Å². The quantitative estimate of drug-likeness (QED) is 0.596. The molecule has 6 nitrogen and oxygen atoms in total. The molecule has 0 saturated carbocycles. The summed E-state index contributed by atoms with van der Waals surface area (Å²) in [6.07, 6.45) is 0.507. The zero-order valence-electron chi connectivity index (χ0n) is 15.7. The van der Waals surface area contributed by atoms with Gasteiger partial charge in [0.05, 0.1) is 23.5 Å². The molecule has 1 amide bonds. The van der Waals surface area contributed by atoms with Crippen molar-refractivity contribution in [3.05, 3.63) is 27.7 Å². The molecular weight excluding hydrogens is 354 g/mol. The number of aryl methyl sites for hydroxylation is 1. The van der Waals surface area contributed by atoms with Gasteiger partial charge in [-0.05, 0) is 53.5 Å². The first-order chi connectivity index (χ1) is 12.1. The van der Waals surface area contributed by atoms with Crippen LogP contribution in [0.2, 0.25) is 0 Å². The van der Waals surface area contributed by atoms with E-state index in [2.05, 4.69) is 5.32 Å². The van der Waals surface area contributed by atoms with Crippen molar-refractivity contribution in [2.24, 2.45) is 11.8 Å². The normalized spacial score (nSPS) is 20.2. The van der Waals surface area contributed by atoms with Gasteiger partial charge in [-0.1, -0.05) is 11.1 Å². The highest BCUT2D eigenvalue weighted by molar-refractivity contribution is 7.16. The van der Waals surface area contributed by atoms with Crippen molar-refractivity contribution in [1.29, 1.82) is 0 Å². The largest absolute Gasteiger partial charge is 0.481 e. The molecule has 1 aliphatic carbocycles. The monoisotopic (exact) mass is 379 g/mol. The van der Waals surface area contributed by atoms with Crippen LogP contribution in [0.3, 0.4) is 0 Å². The van der Waals surface area contributed by atoms with Crippen LogP contribution in [-0.4, -0.2) is 29.1 Å². The molecule has 0 bridgehead atoms. The van der Waals surface area contributed by atoms with Gasteiger partial charge in [-0.25, -0.2) is 4.79 Å². The van der Waals surface area contributed by atoms with Crippen molar-refractivity contribution in [3.8, 4) is 0 Å². The van der Waals surface area contributed by atoms with Crippen molar-refractivity contribution in [3.63, 3.8) is 0 Å². The topological polar surface area (TPSA) is 92.7 Å². The lowest BCUT2D eigenvalue weighted by atomic mass is 9.76. The molecule has 2 atom stereocenters. The lowest BCUT2D eigenvalue weighted by molar-refractivity contribution is -0.146. The predicted octanol–water partition coefficient (Wildman–Crippen LogP) is 4.01. The number of amides is 1. The van der Waals surface area contributed by atoms with Crippen molar-refractivity contribution in [2.75, 3.05) is 5.32 Å². The van der Waals surface area contributed by atoms with E-state index in [-0.39, 0.29) is 12.0 Å². The van der Waals surface area contributed by atoms with Gasteiger partial charge in [0.25, 0.3) is 0 Å². The second kappa shape index (κ2) is 8.03. The van der Waals surface area contributed by atoms with Crippen molar-refractivity contribution in [1.82, 2.24) is 0 Å². The molecule has 0 radical (unpaired) electrons. The first-order valence-corrected chi connectivity index (χ1v) is 9.42. The minimum atomic E-state index is -0.973. The Bertz CT molecular complexity index is 762. The van der Waals surface area contributed by atoms with Gasteiger partial charge in [-0.3, -0.25) is 9.59 Å². The fraction of sp³-hybridized carbons (Fsp3) is 0.526. The molecule has 0 aliphatic heterocycles. The highest BCUT2D eigenvalue weighted by Crippen LogP contribution is 2.36. The molecule has 0 spiro atoms. The number of ether oxygens (including phenoxy) is 1. The molecule has 1 aliphatic rings. The van der Waals surface area contributed by atoms with E-state index >= 15 is 0 Å². The Morgan fingerprint density at radius 1 is 1.15 bits per heavy atom. The highest BCUT2D eigenvalue weighted by Gasteiger charge is 2.37. The summed E-state index contributed by atoms with van der Waals surface area (Å²) in [7, 11) is 0. The summed E-state index contributed by atoms with van der Waals surface area (Å²) in [5.41, 5.74) is 2.37. The number of carbonyl (C=O) groups is 3. The molecule has 142 valence electrons. The number of nitrogens with one attached hydrogen (secondary N) is 1. The first kappa shape index (κ1) is 20.2. The molecule has 0 fully saturated rings. The van der Waals surface area contributed by atoms with Gasteiger partial charge >= 0.3 is 11.9 Å². The third kappa shape index (κ3) is 4.52. The van der Waals surface area contributed by atoms with E-state index in [0.29, 0.717) is 23.4 Å². The maximum Gasteiger partial charge on any atom is 0.341 e. The van der Waals surface area contributed by atoms with Gasteiger partial charge in [0.2, 0.25) is 5.91 Å². The van der Waals surface area contributed by atoms with Crippen LogP contribution in [0.5, 0.6) is 0 Å². The Labute approximate surface area is 157 Å². The number of aliphatic carboxylic acids is 1. The number of carbonyl (C=O) groups excluding carboxylic acids is 2. The first-order valence-electron chi connectivity index (χ1n) is 8.60. The SMILES string of the molecule is CC1=C(C)CC(C(=O)Nc2sc(C)cc2C(=O)OC(C)C)C(C(=O)O)C1. The zero-order valence-corrected chi connectivity index (χ0v) is 16.5. The molecule has 7 heteroatoms. The molecule has 2 N–H and O–H groups in total. The molecule has 26 heavy (non-hydrogen) atoms. The number of carboxylic acid groups (broad SMARTS) is 1. The zero-order chi connectivity index (χ0) is 19.6. The van der Waals surface area contributed by atoms with E-state index < -0.39 is 23.8 Å². The molecule has 1 aromatic heterocycles. The van der Waals surface area contributed by atoms with E-state index in [0.717, 1.165) is 16.0 Å². The van der Waals surface area contributed by atoms with E-state index in [1.165, 1.54) is 11.3 Å². The Morgan fingerprint density at radius 2 is 1.73 bits per heavy atom. The molecule has 1 aromatic rings. The standard InChI is InChI=1S/C19H25NO5S/c1-9(2)25-19(24)15-8-12(5)26-17(15)20-16(21)13-6-10(3)11(4)7-14(13)18(22)23/h8-9,13-14H,6-7H2,1-5H3,(H,20,21)(H,22,23). The average Bonchev–Trinajstić information content (AvgIpc) is 2.89. The van der Waals surface area contributed by atoms with Gasteiger partial charge in [0.1, 0.15) is 5.00 Å². The Balaban J connectivity index is 2.24. The minimum absolute atomic E-state index is 0.267. The van der Waals surface area contributed by atoms with E-state index in [4.69, 9.17) is 4.74 Å². The molecule has 1 heterocycles. The van der Waals surface area contributed by atoms with Crippen LogP contribution < -0.4 is 5.32 Å². The Kier molecular flexibility index (Phi) is 6.23. The summed E-state index contributed by atoms with van der Waals surface area (Å²) in [6, 6.07) is 1.68. The second-order valence-corrected chi connectivity index (χ2v) is 8.32. The maximum absolute atomic E-state index is 12.8. The molecule has 0 saturated heterocycles. The highest BCUT2D eigenvalue weighted by atomic mass is 32.1. The molecular formula is C19H25NO5S. The molecule has 2 unspecified atom stereocenters. The van der Waals surface area contributed by atoms with E-state index in [9.17, 15) is 19.5 Å². The van der Waals surface area contributed by atoms with Crippen LogP contribution in [0.1, 0.15) is 55.8 Å². The number of anilines is 1. The smallest absolute Gasteiger partial charge is 0.341 e. The van der Waals surface area contributed by atoms with Crippen LogP contribution >= 0.6 is 11.3 Å². The number of hydrogen-bond acceptors (Lipinski definition) is 5. The summed E-state index contributed by atoms with van der Waals surface area (Å²) in [5.74, 6) is -3.26. The van der Waals surface area contributed by atoms with E-state index in [1.807, 2.05) is 20.8 Å². The van der Waals surface area contributed by atoms with Crippen LogP contribution in [0.25, 0.3) is 0 Å². The lowest BCUT2D eigenvalue weighted by Gasteiger charge is -2.29. The number of hydrogen-bond donors (Lipinski definition) is 2. The molecule has 0 aromatic carbocycles. The number of esters is 1. The summed E-state index contributed by atoms with van der Waals surface area (Å²) in [6.45, 7) is 9.18. The summed E-state index contributed by atoms with van der Waals surface area (Å²) in [5, 5.41) is 12.7. The summed E-state index contributed by atoms with van der Waals surface area (Å²) >= 11 is 1.28. The average molecular weight is 379 g/mol. The van der Waals surface area contributed by atoms with Crippen molar-refractivity contribution in [2.45, 2.75) is 53.6 Å². The number of allylic oxidation sites excluding steroid dienone is 2. The Morgan fingerprint density at radius 3 is 2.27 bits per heavy atom. The Hall–Kier alpha value is -2.15. The maximum atomic E-state index is 12.8. The van der Waals surface area contributed by atoms with Gasteiger partial charge in [0.15, 0.2) is 0 Å². The van der Waals surface area contributed by atoms with Crippen LogP contribution in [0, 0.1) is 18.8 Å². The third-order valence-corrected chi connectivity index (χ3v) is 5.54. The van der Waals surface area contributed by atoms with E-state index in [1.54, 1.807) is 19.9 Å². The summed E-state index contributed by atoms with van der Waals surface area (Å²) in [4.78, 5) is 37.5. The second-order valence-electron chi connectivity index (χ2n) is 7.06. The number of thiophene rings is 1. The number of rotatable bonds is 5. The van der Waals surface area contributed by atoms with Crippen molar-refractivity contribution >= 4 is 34.2 Å². The van der Waals surface area contributed by atoms with Crippen LogP contribution in [0.15, 0.2) is 17.2 Å². The van der Waals surface area contributed by atoms with Crippen molar-refractivity contribution < 1.29 is 24.2 Å². The third-order valence-electron chi connectivity index (χ3n) is 4.58.